The molecule has 1 amide bonds. The van der Waals surface area contributed by atoms with Gasteiger partial charge in [0, 0.05) is 41.7 Å². The molecule has 218 valence electrons. The lowest BCUT2D eigenvalue weighted by atomic mass is 9.54. The summed E-state index contributed by atoms with van der Waals surface area (Å²) < 4.78 is 0. The summed E-state index contributed by atoms with van der Waals surface area (Å²) in [7, 11) is 3.18. The van der Waals surface area contributed by atoms with Crippen molar-refractivity contribution < 1.29 is 39.6 Å². The molecule has 2 fully saturated rings. The van der Waals surface area contributed by atoms with E-state index in [-0.39, 0.29) is 53.0 Å². The first kappa shape index (κ1) is 29.9. The maximum absolute atomic E-state index is 14.0. The van der Waals surface area contributed by atoms with E-state index in [4.69, 9.17) is 5.73 Å². The molecule has 4 rings (SSSR count). The number of phenols is 1. The molecule has 0 heterocycles. The fourth-order valence-corrected chi connectivity index (χ4v) is 6.75. The number of benzene rings is 1. The van der Waals surface area contributed by atoms with Crippen LogP contribution in [-0.4, -0.2) is 87.0 Å². The van der Waals surface area contributed by atoms with E-state index in [1.807, 2.05) is 20.8 Å². The number of fused-ring (bicyclic) bond motifs is 3. The molecule has 0 aliphatic heterocycles. The van der Waals surface area contributed by atoms with E-state index in [1.54, 1.807) is 20.2 Å². The molecule has 2 saturated carbocycles. The Morgan fingerprint density at radius 2 is 1.82 bits per heavy atom. The molecule has 6 atom stereocenters. The van der Waals surface area contributed by atoms with Gasteiger partial charge < -0.3 is 36.4 Å². The number of carbonyl (C=O) groups excluding carboxylic acids is 4. The van der Waals surface area contributed by atoms with Crippen molar-refractivity contribution in [2.45, 2.75) is 64.8 Å². The maximum atomic E-state index is 14.0. The van der Waals surface area contributed by atoms with Crippen LogP contribution in [0.3, 0.4) is 0 Å². The smallest absolute Gasteiger partial charge is 0.230 e. The molecule has 1 aromatic rings. The molecule has 3 aliphatic rings. The maximum Gasteiger partial charge on any atom is 0.230 e. The molecule has 2 unspecified atom stereocenters. The molecule has 0 bridgehead atoms. The van der Waals surface area contributed by atoms with Gasteiger partial charge in [-0.2, -0.15) is 0 Å². The summed E-state index contributed by atoms with van der Waals surface area (Å²) in [5.74, 6) is -8.35. The summed E-state index contributed by atoms with van der Waals surface area (Å²) in [6.45, 7) is 8.26. The first-order chi connectivity index (χ1) is 18.4. The minimum absolute atomic E-state index is 0.00873. The number of amides is 1. The summed E-state index contributed by atoms with van der Waals surface area (Å²) in [6, 6.07) is 0.602. The Morgan fingerprint density at radius 3 is 2.35 bits per heavy atom. The van der Waals surface area contributed by atoms with Gasteiger partial charge in [0.1, 0.15) is 17.4 Å². The molecule has 0 saturated heterocycles. The number of phenolic OH excluding ortho intramolecular Hbond substituents is 1. The predicted octanol–water partition coefficient (Wildman–Crippen LogP) is 0.467. The summed E-state index contributed by atoms with van der Waals surface area (Å²) in [5.41, 5.74) is 3.30. The number of likely N-dealkylation sites (N-methyl/N-ethyl adjacent to an activating group) is 1. The van der Waals surface area contributed by atoms with Gasteiger partial charge in [-0.25, -0.2) is 0 Å². The Hall–Kier alpha value is -3.12. The zero-order valence-corrected chi connectivity index (χ0v) is 23.7. The SMILES string of the molecule is CC(=O)c1cc(CNCC(C)(C)C)c(O)c2c1C[C@H]1C[C@H]3[C@H](N(C)C)C(O)C(C(N)=O)C(=O)[C@@]3(O)C(=O)C1=C2O. The first-order valence-electron chi connectivity index (χ1n) is 13.4. The van der Waals surface area contributed by atoms with Crippen LogP contribution < -0.4 is 11.1 Å². The fraction of sp³-hybridized carbons (Fsp3) is 0.586. The highest BCUT2D eigenvalue weighted by Gasteiger charge is 2.67. The number of aliphatic hydroxyl groups is 3. The average Bonchev–Trinajstić information content (AvgIpc) is 2.81. The predicted molar refractivity (Wildman–Crippen MR) is 145 cm³/mol. The van der Waals surface area contributed by atoms with Crippen LogP contribution in [0.2, 0.25) is 0 Å². The Balaban J connectivity index is 1.88. The molecule has 3 aliphatic carbocycles. The van der Waals surface area contributed by atoms with Gasteiger partial charge in [0.2, 0.25) is 11.7 Å². The average molecular weight is 558 g/mol. The van der Waals surface area contributed by atoms with Gasteiger partial charge in [0.15, 0.2) is 17.2 Å². The van der Waals surface area contributed by atoms with Crippen LogP contribution in [0.4, 0.5) is 0 Å². The third kappa shape index (κ3) is 4.54. The van der Waals surface area contributed by atoms with Crippen LogP contribution >= 0.6 is 0 Å². The van der Waals surface area contributed by atoms with Gasteiger partial charge in [-0.3, -0.25) is 19.2 Å². The van der Waals surface area contributed by atoms with Gasteiger partial charge in [0.25, 0.3) is 0 Å². The number of ketones is 3. The van der Waals surface area contributed by atoms with E-state index >= 15 is 0 Å². The van der Waals surface area contributed by atoms with Gasteiger partial charge in [-0.05, 0) is 56.8 Å². The normalized spacial score (nSPS) is 30.2. The van der Waals surface area contributed by atoms with Crippen molar-refractivity contribution in [2.75, 3.05) is 20.6 Å². The Morgan fingerprint density at radius 1 is 1.20 bits per heavy atom. The van der Waals surface area contributed by atoms with Crippen molar-refractivity contribution in [3.8, 4) is 5.75 Å². The molecule has 40 heavy (non-hydrogen) atoms. The summed E-state index contributed by atoms with van der Waals surface area (Å²) in [6.07, 6.45) is -1.49. The standard InChI is InChI=1S/C29H39N3O8/c1-12(33)15-8-14(10-31-11-28(2,3)4)22(34)19-16(15)7-13-9-17-21(32(5)6)24(36)20(27(30)39)26(38)29(17,40)25(37)18(13)23(19)35/h8,13,17,20-21,24,31,34-36,40H,7,9-11H2,1-6H3,(H2,30,39)/t13-,17-,20?,21-,24?,29-/m0/s1. The number of hydrogen-bond donors (Lipinski definition) is 6. The number of rotatable bonds is 6. The summed E-state index contributed by atoms with van der Waals surface area (Å²) in [4.78, 5) is 53.9. The largest absolute Gasteiger partial charge is 0.507 e. The van der Waals surface area contributed by atoms with E-state index in [9.17, 15) is 39.6 Å². The molecule has 7 N–H and O–H groups in total. The first-order valence-corrected chi connectivity index (χ1v) is 13.4. The van der Waals surface area contributed by atoms with Crippen molar-refractivity contribution in [1.82, 2.24) is 10.2 Å². The summed E-state index contributed by atoms with van der Waals surface area (Å²) >= 11 is 0. The molecule has 0 spiro atoms. The molecular weight excluding hydrogens is 518 g/mol. The molecular formula is C29H39N3O8. The van der Waals surface area contributed by atoms with E-state index in [1.165, 1.54) is 11.8 Å². The Kier molecular flexibility index (Phi) is 7.51. The number of nitrogens with zero attached hydrogens (tertiary/aromatic N) is 1. The van der Waals surface area contributed by atoms with Crippen LogP contribution in [0.5, 0.6) is 5.75 Å². The molecule has 0 aromatic heterocycles. The van der Waals surface area contributed by atoms with Crippen molar-refractivity contribution in [2.24, 2.45) is 28.9 Å². The lowest BCUT2D eigenvalue weighted by Gasteiger charge is -2.53. The number of Topliss-reactive ketones (excluding diaryl/α,β-unsaturated/α-hetero) is 3. The third-order valence-electron chi connectivity index (χ3n) is 8.52. The number of hydrogen-bond acceptors (Lipinski definition) is 10. The highest BCUT2D eigenvalue weighted by molar-refractivity contribution is 6.25. The molecule has 0 radical (unpaired) electrons. The van der Waals surface area contributed by atoms with Gasteiger partial charge in [-0.15, -0.1) is 0 Å². The number of aliphatic hydroxyl groups excluding tert-OH is 2. The van der Waals surface area contributed by atoms with E-state index in [0.717, 1.165) is 0 Å². The minimum atomic E-state index is -2.73. The number of carbonyl (C=O) groups is 4. The number of nitrogens with one attached hydrogen (secondary N) is 1. The van der Waals surface area contributed by atoms with Gasteiger partial charge in [0.05, 0.1) is 11.7 Å². The lowest BCUT2D eigenvalue weighted by molar-refractivity contribution is -0.184. The zero-order valence-electron chi connectivity index (χ0n) is 23.7. The molecule has 11 heteroatoms. The Bertz CT molecular complexity index is 1330. The second-order valence-electron chi connectivity index (χ2n) is 12.8. The zero-order chi connectivity index (χ0) is 30.1. The van der Waals surface area contributed by atoms with Gasteiger partial charge >= 0.3 is 0 Å². The summed E-state index contributed by atoms with van der Waals surface area (Å²) in [5, 5.41) is 48.6. The number of nitrogens with two attached hydrogens (primary N) is 1. The number of aromatic hydroxyl groups is 1. The molecule has 11 nitrogen and oxygen atoms in total. The van der Waals surface area contributed by atoms with Crippen molar-refractivity contribution in [1.29, 1.82) is 0 Å². The topological polar surface area (TPSA) is 190 Å². The third-order valence-corrected chi connectivity index (χ3v) is 8.52. The monoisotopic (exact) mass is 557 g/mol. The minimum Gasteiger partial charge on any atom is -0.507 e. The highest BCUT2D eigenvalue weighted by atomic mass is 16.3. The van der Waals surface area contributed by atoms with E-state index in [0.29, 0.717) is 17.7 Å². The van der Waals surface area contributed by atoms with Gasteiger partial charge in [-0.1, -0.05) is 20.8 Å². The molecule has 1 aromatic carbocycles. The lowest BCUT2D eigenvalue weighted by Crippen LogP contribution is -2.73. The fourth-order valence-electron chi connectivity index (χ4n) is 6.75. The highest BCUT2D eigenvalue weighted by Crippen LogP contribution is 2.53. The quantitative estimate of drug-likeness (QED) is 0.212. The van der Waals surface area contributed by atoms with Crippen LogP contribution in [0.25, 0.3) is 5.76 Å². The van der Waals surface area contributed by atoms with Crippen LogP contribution in [0.15, 0.2) is 11.6 Å². The van der Waals surface area contributed by atoms with E-state index in [2.05, 4.69) is 5.32 Å². The van der Waals surface area contributed by atoms with Crippen LogP contribution in [0, 0.1) is 23.2 Å². The second kappa shape index (κ2) is 10.1. The van der Waals surface area contributed by atoms with Crippen molar-refractivity contribution in [3.63, 3.8) is 0 Å². The van der Waals surface area contributed by atoms with Crippen LogP contribution in [-0.2, 0) is 27.3 Å². The van der Waals surface area contributed by atoms with Crippen LogP contribution in [0.1, 0.15) is 61.2 Å². The van der Waals surface area contributed by atoms with Crippen molar-refractivity contribution >= 4 is 29.0 Å². The van der Waals surface area contributed by atoms with Crippen molar-refractivity contribution in [3.05, 3.63) is 33.9 Å². The number of primary amides is 1. The second-order valence-corrected chi connectivity index (χ2v) is 12.8. The Labute approximate surface area is 233 Å². The van der Waals surface area contributed by atoms with E-state index < -0.39 is 58.7 Å².